The predicted molar refractivity (Wildman–Crippen MR) is 137 cm³/mol. The number of likely N-dealkylation sites (tertiary alicyclic amines) is 1. The van der Waals surface area contributed by atoms with Crippen LogP contribution in [0.5, 0.6) is 11.5 Å². The fourth-order valence-electron chi connectivity index (χ4n) is 4.48. The summed E-state index contributed by atoms with van der Waals surface area (Å²) in [6.07, 6.45) is 0. The van der Waals surface area contributed by atoms with Gasteiger partial charge in [0.15, 0.2) is 0 Å². The maximum absolute atomic E-state index is 13.3. The minimum atomic E-state index is -0.690. The van der Waals surface area contributed by atoms with Gasteiger partial charge >= 0.3 is 0 Å². The molecule has 3 aromatic rings. The normalized spacial score (nSPS) is 17.3. The number of aliphatic hydroxyl groups excluding tert-OH is 1. The molecule has 0 spiro atoms. The van der Waals surface area contributed by atoms with E-state index in [0.29, 0.717) is 11.3 Å². The van der Waals surface area contributed by atoms with Gasteiger partial charge in [-0.3, -0.25) is 9.59 Å². The SMILES string of the molecule is COc1cccc(CN2C(=O)C(=O)/C(=C(/O)c3cc(C(C)C)c(OC)cc3C)C2c2cccs2)c1. The number of aryl methyl sites for hydroxylation is 1. The Morgan fingerprint density at radius 2 is 1.86 bits per heavy atom. The number of thiophene rings is 1. The van der Waals surface area contributed by atoms with E-state index in [0.717, 1.165) is 27.3 Å². The average Bonchev–Trinajstić information content (AvgIpc) is 3.46. The number of Topliss-reactive ketones (excluding diaryl/α,β-unsaturated/α-hetero) is 1. The zero-order valence-electron chi connectivity index (χ0n) is 20.5. The van der Waals surface area contributed by atoms with Crippen LogP contribution in [0.4, 0.5) is 0 Å². The fourth-order valence-corrected chi connectivity index (χ4v) is 5.33. The highest BCUT2D eigenvalue weighted by atomic mass is 32.1. The summed E-state index contributed by atoms with van der Waals surface area (Å²) >= 11 is 1.44. The van der Waals surface area contributed by atoms with Crippen molar-refractivity contribution in [2.75, 3.05) is 14.2 Å². The summed E-state index contributed by atoms with van der Waals surface area (Å²) in [7, 11) is 3.20. The number of ketones is 1. The van der Waals surface area contributed by atoms with Crippen LogP contribution in [-0.4, -0.2) is 35.9 Å². The van der Waals surface area contributed by atoms with Gasteiger partial charge < -0.3 is 19.5 Å². The average molecular weight is 492 g/mol. The summed E-state index contributed by atoms with van der Waals surface area (Å²) in [5, 5.41) is 13.4. The number of methoxy groups -OCH3 is 2. The van der Waals surface area contributed by atoms with Gasteiger partial charge in [0.25, 0.3) is 11.7 Å². The molecular formula is C28H29NO5S. The van der Waals surface area contributed by atoms with E-state index in [4.69, 9.17) is 9.47 Å². The van der Waals surface area contributed by atoms with Crippen LogP contribution >= 0.6 is 11.3 Å². The molecule has 35 heavy (non-hydrogen) atoms. The Hall–Kier alpha value is -3.58. The van der Waals surface area contributed by atoms with Gasteiger partial charge in [-0.2, -0.15) is 0 Å². The van der Waals surface area contributed by atoms with Crippen molar-refractivity contribution in [2.24, 2.45) is 0 Å². The Morgan fingerprint density at radius 1 is 1.09 bits per heavy atom. The number of carbonyl (C=O) groups excluding carboxylic acids is 2. The summed E-state index contributed by atoms with van der Waals surface area (Å²) in [5.41, 5.74) is 3.12. The molecule has 2 heterocycles. The molecular weight excluding hydrogens is 462 g/mol. The molecule has 1 N–H and O–H groups in total. The summed E-state index contributed by atoms with van der Waals surface area (Å²) in [6.45, 7) is 6.14. The lowest BCUT2D eigenvalue weighted by atomic mass is 9.92. The van der Waals surface area contributed by atoms with Crippen molar-refractivity contribution in [1.29, 1.82) is 0 Å². The maximum Gasteiger partial charge on any atom is 0.295 e. The molecule has 0 radical (unpaired) electrons. The Kier molecular flexibility index (Phi) is 6.98. The van der Waals surface area contributed by atoms with Crippen LogP contribution in [0.15, 0.2) is 59.5 Å². The number of aliphatic hydroxyl groups is 1. The molecule has 1 amide bonds. The van der Waals surface area contributed by atoms with Gasteiger partial charge in [0.1, 0.15) is 17.3 Å². The van der Waals surface area contributed by atoms with Gasteiger partial charge in [0, 0.05) is 17.0 Å². The first-order valence-electron chi connectivity index (χ1n) is 11.4. The first kappa shape index (κ1) is 24.5. The van der Waals surface area contributed by atoms with E-state index in [2.05, 4.69) is 0 Å². The summed E-state index contributed by atoms with van der Waals surface area (Å²) in [6, 6.07) is 14.2. The first-order chi connectivity index (χ1) is 16.8. The molecule has 1 aromatic heterocycles. The van der Waals surface area contributed by atoms with Crippen LogP contribution in [0.3, 0.4) is 0 Å². The van der Waals surface area contributed by atoms with Crippen LogP contribution in [0, 0.1) is 6.92 Å². The van der Waals surface area contributed by atoms with Crippen molar-refractivity contribution in [1.82, 2.24) is 4.90 Å². The number of carbonyl (C=O) groups is 2. The van der Waals surface area contributed by atoms with Crippen LogP contribution < -0.4 is 9.47 Å². The molecule has 1 saturated heterocycles. The molecule has 6 nitrogen and oxygen atoms in total. The van der Waals surface area contributed by atoms with Gasteiger partial charge in [-0.25, -0.2) is 0 Å². The molecule has 0 aliphatic carbocycles. The smallest absolute Gasteiger partial charge is 0.295 e. The molecule has 1 atom stereocenters. The molecule has 182 valence electrons. The molecule has 7 heteroatoms. The van der Waals surface area contributed by atoms with E-state index in [1.54, 1.807) is 14.2 Å². The standard InChI is InChI=1S/C28H29NO5S/c1-16(2)20-14-21(17(3)12-22(20)34-5)26(30)24-25(23-10-7-11-35-23)29(28(32)27(24)31)15-18-8-6-9-19(13-18)33-4/h6-14,16,25,30H,15H2,1-5H3/b26-24+. The number of rotatable bonds is 7. The topological polar surface area (TPSA) is 76.1 Å². The quantitative estimate of drug-likeness (QED) is 0.256. The lowest BCUT2D eigenvalue weighted by molar-refractivity contribution is -0.140. The van der Waals surface area contributed by atoms with Crippen molar-refractivity contribution in [2.45, 2.75) is 39.3 Å². The van der Waals surface area contributed by atoms with E-state index in [1.807, 2.05) is 74.7 Å². The maximum atomic E-state index is 13.3. The van der Waals surface area contributed by atoms with E-state index in [9.17, 15) is 14.7 Å². The highest BCUT2D eigenvalue weighted by molar-refractivity contribution is 7.10. The molecule has 0 bridgehead atoms. The molecule has 0 saturated carbocycles. The molecule has 1 fully saturated rings. The third kappa shape index (κ3) is 4.56. The third-order valence-electron chi connectivity index (χ3n) is 6.29. The van der Waals surface area contributed by atoms with Crippen molar-refractivity contribution >= 4 is 28.8 Å². The van der Waals surface area contributed by atoms with Crippen molar-refractivity contribution < 1.29 is 24.2 Å². The summed E-state index contributed by atoms with van der Waals surface area (Å²) in [4.78, 5) is 28.9. The fraction of sp³-hybridized carbons (Fsp3) is 0.286. The Bertz CT molecular complexity index is 1290. The number of hydrogen-bond acceptors (Lipinski definition) is 6. The second-order valence-electron chi connectivity index (χ2n) is 8.86. The van der Waals surface area contributed by atoms with Gasteiger partial charge in [-0.15, -0.1) is 11.3 Å². The van der Waals surface area contributed by atoms with Gasteiger partial charge in [-0.05, 0) is 65.2 Å². The number of nitrogens with zero attached hydrogens (tertiary/aromatic N) is 1. The minimum absolute atomic E-state index is 0.100. The van der Waals surface area contributed by atoms with Crippen molar-refractivity contribution in [3.8, 4) is 11.5 Å². The highest BCUT2D eigenvalue weighted by Gasteiger charge is 2.46. The molecule has 1 aliphatic heterocycles. The second-order valence-corrected chi connectivity index (χ2v) is 9.84. The Morgan fingerprint density at radius 3 is 2.49 bits per heavy atom. The number of ether oxygens (including phenoxy) is 2. The monoisotopic (exact) mass is 491 g/mol. The zero-order valence-corrected chi connectivity index (χ0v) is 21.3. The van der Waals surface area contributed by atoms with Gasteiger partial charge in [0.2, 0.25) is 0 Å². The number of benzene rings is 2. The van der Waals surface area contributed by atoms with Crippen LogP contribution in [0.2, 0.25) is 0 Å². The molecule has 4 rings (SSSR count). The third-order valence-corrected chi connectivity index (χ3v) is 7.22. The summed E-state index contributed by atoms with van der Waals surface area (Å²) < 4.78 is 10.9. The minimum Gasteiger partial charge on any atom is -0.507 e. The number of amides is 1. The number of hydrogen-bond donors (Lipinski definition) is 1. The summed E-state index contributed by atoms with van der Waals surface area (Å²) in [5.74, 6) is 0.0369. The molecule has 1 aliphatic rings. The van der Waals surface area contributed by atoms with E-state index in [-0.39, 0.29) is 23.8 Å². The first-order valence-corrected chi connectivity index (χ1v) is 12.3. The highest BCUT2D eigenvalue weighted by Crippen LogP contribution is 2.43. The van der Waals surface area contributed by atoms with Crippen molar-refractivity contribution in [3.63, 3.8) is 0 Å². The van der Waals surface area contributed by atoms with Crippen molar-refractivity contribution in [3.05, 3.63) is 86.6 Å². The van der Waals surface area contributed by atoms with Crippen LogP contribution in [-0.2, 0) is 16.1 Å². The molecule has 1 unspecified atom stereocenters. The van der Waals surface area contributed by atoms with Crippen LogP contribution in [0.1, 0.15) is 52.9 Å². The van der Waals surface area contributed by atoms with Crippen LogP contribution in [0.25, 0.3) is 5.76 Å². The molecule has 2 aromatic carbocycles. The Balaban J connectivity index is 1.87. The van der Waals surface area contributed by atoms with E-state index >= 15 is 0 Å². The van der Waals surface area contributed by atoms with Gasteiger partial charge in [-0.1, -0.05) is 32.0 Å². The Labute approximate surface area is 209 Å². The van der Waals surface area contributed by atoms with Gasteiger partial charge in [0.05, 0.1) is 25.8 Å². The predicted octanol–water partition coefficient (Wildman–Crippen LogP) is 5.82. The van der Waals surface area contributed by atoms with E-state index in [1.165, 1.54) is 16.2 Å². The van der Waals surface area contributed by atoms with E-state index < -0.39 is 17.7 Å². The largest absolute Gasteiger partial charge is 0.507 e. The lowest BCUT2D eigenvalue weighted by Crippen LogP contribution is -2.28. The lowest BCUT2D eigenvalue weighted by Gasteiger charge is -2.24. The second kappa shape index (κ2) is 9.96. The zero-order chi connectivity index (χ0) is 25.3.